The lowest BCUT2D eigenvalue weighted by atomic mass is 10.2. The van der Waals surface area contributed by atoms with Crippen molar-refractivity contribution in [2.45, 2.75) is 10.8 Å². The van der Waals surface area contributed by atoms with Crippen LogP contribution in [-0.4, -0.2) is 4.98 Å². The molecule has 0 fully saturated rings. The Morgan fingerprint density at radius 1 is 1.15 bits per heavy atom. The molecular weight excluding hydrogens is 313 g/mol. The summed E-state index contributed by atoms with van der Waals surface area (Å²) in [4.78, 5) is 4.13. The highest BCUT2D eigenvalue weighted by molar-refractivity contribution is 7.98. The molecule has 1 heterocycles. The van der Waals surface area contributed by atoms with E-state index in [9.17, 15) is 0 Å². The Balaban J connectivity index is 2.24. The van der Waals surface area contributed by atoms with Crippen molar-refractivity contribution >= 4 is 35.0 Å². The lowest BCUT2D eigenvalue weighted by Crippen LogP contribution is -1.91. The number of hydrogen-bond acceptors (Lipinski definition) is 4. The van der Waals surface area contributed by atoms with Crippen LogP contribution in [0.25, 0.3) is 0 Å². The number of pyridine rings is 1. The van der Waals surface area contributed by atoms with Gasteiger partial charge in [-0.1, -0.05) is 29.3 Å². The van der Waals surface area contributed by atoms with E-state index in [2.05, 4.69) is 4.98 Å². The second-order valence-corrected chi connectivity index (χ2v) is 5.57. The highest BCUT2D eigenvalue weighted by Gasteiger charge is 2.10. The molecule has 1 aromatic heterocycles. The summed E-state index contributed by atoms with van der Waals surface area (Å²) in [5.74, 6) is 0.506. The van der Waals surface area contributed by atoms with Crippen LogP contribution in [0.5, 0.6) is 0 Å². The highest BCUT2D eigenvalue weighted by Crippen LogP contribution is 2.31. The van der Waals surface area contributed by atoms with Gasteiger partial charge in [-0.3, -0.25) is 0 Å². The van der Waals surface area contributed by atoms with Gasteiger partial charge in [-0.15, -0.1) is 11.8 Å². The van der Waals surface area contributed by atoms with Crippen molar-refractivity contribution in [1.82, 2.24) is 4.98 Å². The van der Waals surface area contributed by atoms with Crippen LogP contribution in [0.15, 0.2) is 35.5 Å². The molecule has 0 radical (unpaired) electrons. The van der Waals surface area contributed by atoms with E-state index in [-0.39, 0.29) is 0 Å². The molecule has 6 heteroatoms. The smallest absolute Gasteiger partial charge is 0.114 e. The molecule has 0 amide bonds. The molecular formula is C14H7Cl2N3S. The summed E-state index contributed by atoms with van der Waals surface area (Å²) < 4.78 is 0. The predicted molar refractivity (Wildman–Crippen MR) is 79.7 cm³/mol. The molecule has 98 valence electrons. The Morgan fingerprint density at radius 2 is 1.85 bits per heavy atom. The molecule has 3 nitrogen and oxygen atoms in total. The Labute approximate surface area is 130 Å². The quantitative estimate of drug-likeness (QED) is 0.785. The molecule has 2 aromatic rings. The molecule has 0 aliphatic carbocycles. The molecule has 0 saturated heterocycles. The predicted octanol–water partition coefficient (Wildman–Crippen LogP) is 4.42. The van der Waals surface area contributed by atoms with Gasteiger partial charge in [0.25, 0.3) is 0 Å². The fourth-order valence-electron chi connectivity index (χ4n) is 1.52. The maximum absolute atomic E-state index is 9.08. The van der Waals surface area contributed by atoms with E-state index < -0.39 is 0 Å². The Hall–Kier alpha value is -1.72. The molecule has 0 saturated carbocycles. The Morgan fingerprint density at radius 3 is 2.45 bits per heavy atom. The second-order valence-electron chi connectivity index (χ2n) is 3.79. The van der Waals surface area contributed by atoms with Crippen LogP contribution < -0.4 is 0 Å². The molecule has 0 atom stereocenters. The second kappa shape index (κ2) is 6.63. The summed E-state index contributed by atoms with van der Waals surface area (Å²) in [5, 5.41) is 19.6. The first-order valence-corrected chi connectivity index (χ1v) is 7.25. The Kier molecular flexibility index (Phi) is 4.87. The van der Waals surface area contributed by atoms with Crippen molar-refractivity contribution in [3.8, 4) is 12.1 Å². The monoisotopic (exact) mass is 319 g/mol. The first kappa shape index (κ1) is 14.7. The van der Waals surface area contributed by atoms with E-state index in [1.54, 1.807) is 18.2 Å². The number of aromatic nitrogens is 1. The number of nitriles is 2. The van der Waals surface area contributed by atoms with E-state index in [1.807, 2.05) is 12.1 Å². The maximum atomic E-state index is 9.08. The van der Waals surface area contributed by atoms with Gasteiger partial charge in [0.05, 0.1) is 11.1 Å². The summed E-state index contributed by atoms with van der Waals surface area (Å²) in [6, 6.07) is 10.8. The normalized spacial score (nSPS) is 9.80. The van der Waals surface area contributed by atoms with Crippen molar-refractivity contribution < 1.29 is 0 Å². The number of thioether (sulfide) groups is 1. The van der Waals surface area contributed by atoms with Crippen LogP contribution in [0.4, 0.5) is 0 Å². The first-order valence-electron chi connectivity index (χ1n) is 5.51. The number of hydrogen-bond donors (Lipinski definition) is 0. The molecule has 0 spiro atoms. The van der Waals surface area contributed by atoms with E-state index >= 15 is 0 Å². The van der Waals surface area contributed by atoms with E-state index in [1.165, 1.54) is 24.0 Å². The number of halogens is 2. The van der Waals surface area contributed by atoms with Gasteiger partial charge in [0, 0.05) is 22.0 Å². The lowest BCUT2D eigenvalue weighted by Gasteiger charge is -2.07. The van der Waals surface area contributed by atoms with Gasteiger partial charge in [0.1, 0.15) is 17.2 Å². The molecule has 0 aliphatic heterocycles. The van der Waals surface area contributed by atoms with Crippen LogP contribution in [0, 0.1) is 22.7 Å². The van der Waals surface area contributed by atoms with Crippen LogP contribution >= 0.6 is 35.0 Å². The Bertz CT molecular complexity index is 712. The largest absolute Gasteiger partial charge is 0.247 e. The van der Waals surface area contributed by atoms with Crippen molar-refractivity contribution in [3.05, 3.63) is 57.2 Å². The average Bonchev–Trinajstić information content (AvgIpc) is 2.46. The molecule has 20 heavy (non-hydrogen) atoms. The maximum Gasteiger partial charge on any atom is 0.114 e. The first-order chi connectivity index (χ1) is 9.65. The third-order valence-corrected chi connectivity index (χ3v) is 4.26. The fourth-order valence-corrected chi connectivity index (χ4v) is 3.19. The van der Waals surface area contributed by atoms with Gasteiger partial charge >= 0.3 is 0 Å². The van der Waals surface area contributed by atoms with Gasteiger partial charge < -0.3 is 0 Å². The SMILES string of the molecule is N#Cc1cnc(SCc2c(Cl)cccc2Cl)c(C#N)c1. The molecule has 1 aromatic carbocycles. The van der Waals surface area contributed by atoms with Crippen LogP contribution in [0.2, 0.25) is 10.0 Å². The van der Waals surface area contributed by atoms with Gasteiger partial charge in [0.2, 0.25) is 0 Å². The van der Waals surface area contributed by atoms with E-state index in [0.29, 0.717) is 32.0 Å². The minimum atomic E-state index is 0.363. The van der Waals surface area contributed by atoms with Crippen molar-refractivity contribution in [2.75, 3.05) is 0 Å². The molecule has 0 N–H and O–H groups in total. The number of nitrogens with zero attached hydrogens (tertiary/aromatic N) is 3. The lowest BCUT2D eigenvalue weighted by molar-refractivity contribution is 1.10. The molecule has 0 unspecified atom stereocenters. The van der Waals surface area contributed by atoms with Crippen molar-refractivity contribution in [3.63, 3.8) is 0 Å². The summed E-state index contributed by atoms with van der Waals surface area (Å²) >= 11 is 13.5. The zero-order chi connectivity index (χ0) is 14.5. The third-order valence-electron chi connectivity index (χ3n) is 2.52. The summed E-state index contributed by atoms with van der Waals surface area (Å²) in [6.45, 7) is 0. The van der Waals surface area contributed by atoms with Crippen LogP contribution in [0.1, 0.15) is 16.7 Å². The average molecular weight is 320 g/mol. The zero-order valence-corrected chi connectivity index (χ0v) is 12.4. The minimum Gasteiger partial charge on any atom is -0.247 e. The van der Waals surface area contributed by atoms with Crippen LogP contribution in [0.3, 0.4) is 0 Å². The molecule has 0 bridgehead atoms. The molecule has 0 aliphatic rings. The summed E-state index contributed by atoms with van der Waals surface area (Å²) in [7, 11) is 0. The third kappa shape index (κ3) is 3.23. The minimum absolute atomic E-state index is 0.363. The van der Waals surface area contributed by atoms with Gasteiger partial charge in [0.15, 0.2) is 0 Å². The van der Waals surface area contributed by atoms with E-state index in [4.69, 9.17) is 33.7 Å². The summed E-state index contributed by atoms with van der Waals surface area (Å²) in [5.41, 5.74) is 1.54. The van der Waals surface area contributed by atoms with Crippen molar-refractivity contribution in [2.24, 2.45) is 0 Å². The topological polar surface area (TPSA) is 60.5 Å². The highest BCUT2D eigenvalue weighted by atomic mass is 35.5. The van der Waals surface area contributed by atoms with E-state index in [0.717, 1.165) is 5.56 Å². The van der Waals surface area contributed by atoms with Gasteiger partial charge in [-0.05, 0) is 23.8 Å². The molecule has 2 rings (SSSR count). The van der Waals surface area contributed by atoms with Crippen molar-refractivity contribution in [1.29, 1.82) is 10.5 Å². The van der Waals surface area contributed by atoms with Crippen LogP contribution in [-0.2, 0) is 5.75 Å². The van der Waals surface area contributed by atoms with Gasteiger partial charge in [-0.2, -0.15) is 10.5 Å². The standard InChI is InChI=1S/C14H7Cl2N3S/c15-12-2-1-3-13(16)11(12)8-20-14-10(6-18)4-9(5-17)7-19-14/h1-4,7H,8H2. The zero-order valence-electron chi connectivity index (χ0n) is 10.1. The number of benzene rings is 1. The van der Waals surface area contributed by atoms with Gasteiger partial charge in [-0.25, -0.2) is 4.98 Å². The fraction of sp³-hybridized carbons (Fsp3) is 0.0714. The summed E-state index contributed by atoms with van der Waals surface area (Å²) in [6.07, 6.45) is 1.44. The number of rotatable bonds is 3.